The van der Waals surface area contributed by atoms with Crippen LogP contribution in [0.5, 0.6) is 0 Å². The van der Waals surface area contributed by atoms with E-state index in [2.05, 4.69) is 54.3 Å². The molecule has 0 bridgehead atoms. The van der Waals surface area contributed by atoms with Crippen LogP contribution in [0, 0.1) is 0 Å². The fourth-order valence-electron chi connectivity index (χ4n) is 3.49. The van der Waals surface area contributed by atoms with Crippen molar-refractivity contribution in [3.05, 3.63) is 29.8 Å². The van der Waals surface area contributed by atoms with E-state index >= 15 is 0 Å². The Bertz CT molecular complexity index is 618. The van der Waals surface area contributed by atoms with Crippen molar-refractivity contribution < 1.29 is 4.79 Å². The van der Waals surface area contributed by atoms with Crippen molar-refractivity contribution >= 4 is 17.6 Å². The molecule has 0 radical (unpaired) electrons. The molecule has 0 unspecified atom stereocenters. The van der Waals surface area contributed by atoms with Crippen molar-refractivity contribution in [2.75, 3.05) is 38.1 Å². The summed E-state index contributed by atoms with van der Waals surface area (Å²) in [7, 11) is 1.73. The van der Waals surface area contributed by atoms with Gasteiger partial charge in [-0.2, -0.15) is 0 Å². The number of anilines is 1. The van der Waals surface area contributed by atoms with Crippen LogP contribution in [-0.2, 0) is 11.2 Å². The van der Waals surface area contributed by atoms with Gasteiger partial charge in [-0.1, -0.05) is 18.2 Å². The molecule has 1 aliphatic heterocycles. The molecule has 1 aliphatic rings. The number of hydrogen-bond acceptors (Lipinski definition) is 3. The molecule has 1 aromatic carbocycles. The lowest BCUT2D eigenvalue weighted by molar-refractivity contribution is -0.117. The Balaban J connectivity index is 1.79. The van der Waals surface area contributed by atoms with Gasteiger partial charge >= 0.3 is 0 Å². The molecule has 0 aromatic heterocycles. The van der Waals surface area contributed by atoms with E-state index in [0.29, 0.717) is 18.0 Å². The molecule has 0 saturated carbocycles. The minimum atomic E-state index is 0.0730. The fourth-order valence-corrected chi connectivity index (χ4v) is 3.49. The second-order valence-electron chi connectivity index (χ2n) is 7.20. The summed E-state index contributed by atoms with van der Waals surface area (Å²) in [4.78, 5) is 21.1. The smallest absolute Gasteiger partial charge is 0.246 e. The minimum Gasteiger partial charge on any atom is -0.355 e. The van der Waals surface area contributed by atoms with Gasteiger partial charge in [-0.25, -0.2) is 0 Å². The van der Waals surface area contributed by atoms with Gasteiger partial charge in [0.15, 0.2) is 5.96 Å². The van der Waals surface area contributed by atoms with Gasteiger partial charge < -0.3 is 15.5 Å². The van der Waals surface area contributed by atoms with Crippen LogP contribution in [-0.4, -0.2) is 62.1 Å². The first-order valence-electron chi connectivity index (χ1n) is 9.52. The van der Waals surface area contributed by atoms with Crippen LogP contribution in [0.25, 0.3) is 0 Å². The first kappa shape index (κ1) is 20.2. The Kier molecular flexibility index (Phi) is 7.45. The van der Waals surface area contributed by atoms with Crippen molar-refractivity contribution in [1.29, 1.82) is 0 Å². The number of fused-ring (bicyclic) bond motifs is 1. The first-order valence-corrected chi connectivity index (χ1v) is 9.52. The molecule has 144 valence electrons. The van der Waals surface area contributed by atoms with Crippen molar-refractivity contribution in [3.8, 4) is 0 Å². The fraction of sp³-hybridized carbons (Fsp3) is 0.600. The maximum atomic E-state index is 12.6. The van der Waals surface area contributed by atoms with Gasteiger partial charge in [0, 0.05) is 44.5 Å². The Morgan fingerprint density at radius 2 is 1.88 bits per heavy atom. The number of amides is 1. The molecule has 2 N–H and O–H groups in total. The van der Waals surface area contributed by atoms with Gasteiger partial charge in [-0.3, -0.25) is 14.7 Å². The quantitative estimate of drug-likeness (QED) is 0.576. The van der Waals surface area contributed by atoms with Crippen LogP contribution in [0.3, 0.4) is 0 Å². The summed E-state index contributed by atoms with van der Waals surface area (Å²) < 4.78 is 0. The number of hydrogen-bond donors (Lipinski definition) is 2. The van der Waals surface area contributed by atoms with E-state index in [9.17, 15) is 4.79 Å². The summed E-state index contributed by atoms with van der Waals surface area (Å²) in [5, 5.41) is 6.44. The molecule has 6 heteroatoms. The highest BCUT2D eigenvalue weighted by Gasteiger charge is 2.23. The molecular weight excluding hydrogens is 326 g/mol. The third-order valence-electron chi connectivity index (χ3n) is 4.81. The lowest BCUT2D eigenvalue weighted by Gasteiger charge is -2.30. The number of benzene rings is 1. The maximum absolute atomic E-state index is 12.6. The predicted octanol–water partition coefficient (Wildman–Crippen LogP) is 1.86. The molecule has 0 spiro atoms. The van der Waals surface area contributed by atoms with Crippen LogP contribution in [0.15, 0.2) is 29.3 Å². The van der Waals surface area contributed by atoms with Crippen molar-refractivity contribution in [2.45, 2.75) is 46.2 Å². The van der Waals surface area contributed by atoms with E-state index in [4.69, 9.17) is 0 Å². The average Bonchev–Trinajstić information content (AvgIpc) is 3.04. The number of para-hydroxylation sites is 1. The molecule has 0 aliphatic carbocycles. The normalized spacial score (nSPS) is 14.3. The topological polar surface area (TPSA) is 60.0 Å². The first-order chi connectivity index (χ1) is 12.4. The van der Waals surface area contributed by atoms with E-state index in [1.165, 1.54) is 5.56 Å². The van der Waals surface area contributed by atoms with Crippen LogP contribution >= 0.6 is 0 Å². The standard InChI is InChI=1S/C20H33N5O/c1-15(2)24(16(3)4)13-11-22-20(21-5)23-14-19(26)25-12-10-17-8-6-7-9-18(17)25/h6-9,15-16H,10-14H2,1-5H3,(H2,21,22,23). The summed E-state index contributed by atoms with van der Waals surface area (Å²) in [5.41, 5.74) is 2.28. The lowest BCUT2D eigenvalue weighted by atomic mass is 10.2. The van der Waals surface area contributed by atoms with Crippen molar-refractivity contribution in [3.63, 3.8) is 0 Å². The molecule has 6 nitrogen and oxygen atoms in total. The van der Waals surface area contributed by atoms with Gasteiger partial charge in [0.25, 0.3) is 0 Å². The molecule has 26 heavy (non-hydrogen) atoms. The molecule has 1 heterocycles. The summed E-state index contributed by atoms with van der Waals surface area (Å²) in [6, 6.07) is 9.11. The number of aliphatic imine (C=N–C) groups is 1. The summed E-state index contributed by atoms with van der Waals surface area (Å²) >= 11 is 0. The number of guanidine groups is 1. The molecule has 0 fully saturated rings. The van der Waals surface area contributed by atoms with Crippen LogP contribution < -0.4 is 15.5 Å². The third-order valence-corrected chi connectivity index (χ3v) is 4.81. The molecule has 1 aromatic rings. The number of carbonyl (C=O) groups excluding carboxylic acids is 1. The Morgan fingerprint density at radius 3 is 2.54 bits per heavy atom. The molecule has 2 rings (SSSR count). The summed E-state index contributed by atoms with van der Waals surface area (Å²) in [6.45, 7) is 11.6. The van der Waals surface area contributed by atoms with Gasteiger partial charge in [-0.15, -0.1) is 0 Å². The molecule has 1 amide bonds. The Hall–Kier alpha value is -2.08. The molecular formula is C20H33N5O. The van der Waals surface area contributed by atoms with E-state index in [-0.39, 0.29) is 12.5 Å². The van der Waals surface area contributed by atoms with Crippen molar-refractivity contribution in [2.24, 2.45) is 4.99 Å². The van der Waals surface area contributed by atoms with Crippen molar-refractivity contribution in [1.82, 2.24) is 15.5 Å². The number of carbonyl (C=O) groups is 1. The van der Waals surface area contributed by atoms with Gasteiger partial charge in [0.1, 0.15) is 0 Å². The molecule has 0 saturated heterocycles. The SMILES string of the molecule is CN=C(NCCN(C(C)C)C(C)C)NCC(=O)N1CCc2ccccc21. The van der Waals surface area contributed by atoms with E-state index < -0.39 is 0 Å². The summed E-state index contributed by atoms with van der Waals surface area (Å²) in [5.74, 6) is 0.738. The zero-order valence-corrected chi connectivity index (χ0v) is 16.7. The average molecular weight is 360 g/mol. The van der Waals surface area contributed by atoms with Gasteiger partial charge in [0.2, 0.25) is 5.91 Å². The van der Waals surface area contributed by atoms with Crippen LogP contribution in [0.2, 0.25) is 0 Å². The lowest BCUT2D eigenvalue weighted by Crippen LogP contribution is -2.47. The maximum Gasteiger partial charge on any atom is 0.246 e. The highest BCUT2D eigenvalue weighted by atomic mass is 16.2. The zero-order valence-electron chi connectivity index (χ0n) is 16.7. The predicted molar refractivity (Wildman–Crippen MR) is 109 cm³/mol. The van der Waals surface area contributed by atoms with Crippen LogP contribution in [0.4, 0.5) is 5.69 Å². The zero-order chi connectivity index (χ0) is 19.1. The summed E-state index contributed by atoms with van der Waals surface area (Å²) in [6.07, 6.45) is 0.926. The van der Waals surface area contributed by atoms with E-state index in [1.54, 1.807) is 7.05 Å². The molecule has 0 atom stereocenters. The van der Waals surface area contributed by atoms with E-state index in [0.717, 1.165) is 31.7 Å². The highest BCUT2D eigenvalue weighted by molar-refractivity contribution is 5.98. The highest BCUT2D eigenvalue weighted by Crippen LogP contribution is 2.27. The largest absolute Gasteiger partial charge is 0.355 e. The third kappa shape index (κ3) is 5.21. The minimum absolute atomic E-state index is 0.0730. The number of nitrogens with one attached hydrogen (secondary N) is 2. The monoisotopic (exact) mass is 359 g/mol. The Labute approximate surface area is 157 Å². The number of rotatable bonds is 7. The van der Waals surface area contributed by atoms with Gasteiger partial charge in [-0.05, 0) is 45.7 Å². The Morgan fingerprint density at radius 1 is 1.19 bits per heavy atom. The number of nitrogens with zero attached hydrogens (tertiary/aromatic N) is 3. The second kappa shape index (κ2) is 9.57. The van der Waals surface area contributed by atoms with Crippen LogP contribution in [0.1, 0.15) is 33.3 Å². The van der Waals surface area contributed by atoms with Gasteiger partial charge in [0.05, 0.1) is 6.54 Å². The van der Waals surface area contributed by atoms with E-state index in [1.807, 2.05) is 23.1 Å². The second-order valence-corrected chi connectivity index (χ2v) is 7.20.